The summed E-state index contributed by atoms with van der Waals surface area (Å²) in [4.78, 5) is 51.9. The topological polar surface area (TPSA) is 105 Å². The van der Waals surface area contributed by atoms with E-state index in [4.69, 9.17) is 18.9 Å². The summed E-state index contributed by atoms with van der Waals surface area (Å²) in [6.45, 7) is 4.42. The van der Waals surface area contributed by atoms with Gasteiger partial charge in [-0.3, -0.25) is 0 Å². The van der Waals surface area contributed by atoms with Crippen molar-refractivity contribution in [3.63, 3.8) is 0 Å². The summed E-state index contributed by atoms with van der Waals surface area (Å²) < 4.78 is 51.9. The van der Waals surface area contributed by atoms with Crippen molar-refractivity contribution in [3.8, 4) is 45.3 Å². The highest BCUT2D eigenvalue weighted by Crippen LogP contribution is 2.28. The van der Waals surface area contributed by atoms with Crippen LogP contribution in [0.1, 0.15) is 131 Å². The Morgan fingerprint density at radius 3 is 1.04 bits per heavy atom. The molecule has 0 bridgehead atoms. The minimum atomic E-state index is -1.07. The molecule has 0 heterocycles. The minimum absolute atomic E-state index is 0.0976. The van der Waals surface area contributed by atoms with E-state index in [1.165, 1.54) is 112 Å². The van der Waals surface area contributed by atoms with Crippen LogP contribution in [-0.4, -0.2) is 23.9 Å². The molecule has 0 aliphatic heterocycles. The molecule has 8 nitrogen and oxygen atoms in total. The molecule has 7 aromatic carbocycles. The van der Waals surface area contributed by atoms with Gasteiger partial charge < -0.3 is 18.9 Å². The molecule has 0 unspecified atom stereocenters. The summed E-state index contributed by atoms with van der Waals surface area (Å²) in [6.07, 6.45) is 14.4. The van der Waals surface area contributed by atoms with E-state index in [0.717, 1.165) is 59.4 Å². The third-order valence-corrected chi connectivity index (χ3v) is 11.9. The van der Waals surface area contributed by atoms with Gasteiger partial charge in [-0.05, 0) is 120 Å². The van der Waals surface area contributed by atoms with Gasteiger partial charge in [0.05, 0.1) is 22.3 Å². The summed E-state index contributed by atoms with van der Waals surface area (Å²) in [5, 5.41) is 0. The molecular weight excluding hydrogens is 887 g/mol. The van der Waals surface area contributed by atoms with Gasteiger partial charge in [0.2, 0.25) is 0 Å². The second kappa shape index (κ2) is 25.1. The number of carbonyl (C=O) groups excluding carboxylic acids is 4. The fourth-order valence-electron chi connectivity index (χ4n) is 7.90. The maximum atomic E-state index is 15.2. The average molecular weight is 943 g/mol. The van der Waals surface area contributed by atoms with Crippen molar-refractivity contribution in [2.75, 3.05) is 0 Å². The number of esters is 4. The van der Waals surface area contributed by atoms with Crippen LogP contribution in [0.4, 0.5) is 8.78 Å². The predicted octanol–water partition coefficient (Wildman–Crippen LogP) is 15.2. The van der Waals surface area contributed by atoms with Crippen LogP contribution >= 0.6 is 0 Å². The van der Waals surface area contributed by atoms with Gasteiger partial charge in [-0.15, -0.1) is 0 Å². The molecule has 0 aromatic heterocycles. The first kappa shape index (κ1) is 50.2. The van der Waals surface area contributed by atoms with E-state index in [0.29, 0.717) is 0 Å². The molecular formula is C60H56F2O8. The van der Waals surface area contributed by atoms with Crippen molar-refractivity contribution in [3.05, 3.63) is 203 Å². The maximum Gasteiger partial charge on any atom is 0.346 e. The number of ether oxygens (including phenoxy) is 4. The summed E-state index contributed by atoms with van der Waals surface area (Å²) in [7, 11) is 0. The first-order valence-corrected chi connectivity index (χ1v) is 24.0. The number of hydrogen-bond donors (Lipinski definition) is 0. The summed E-state index contributed by atoms with van der Waals surface area (Å²) in [5.41, 5.74) is 6.11. The lowest BCUT2D eigenvalue weighted by atomic mass is 10.00. The van der Waals surface area contributed by atoms with Crippen molar-refractivity contribution in [1.82, 2.24) is 0 Å². The number of hydrogen-bond acceptors (Lipinski definition) is 8. The molecule has 0 aliphatic rings. The molecule has 358 valence electrons. The second-order valence-corrected chi connectivity index (χ2v) is 17.2. The third-order valence-electron chi connectivity index (χ3n) is 11.9. The van der Waals surface area contributed by atoms with E-state index in [9.17, 15) is 19.2 Å². The first-order valence-electron chi connectivity index (χ1n) is 24.0. The van der Waals surface area contributed by atoms with Gasteiger partial charge >= 0.3 is 23.9 Å². The molecule has 7 aromatic rings. The van der Waals surface area contributed by atoms with Crippen molar-refractivity contribution < 1.29 is 46.9 Å². The summed E-state index contributed by atoms with van der Waals surface area (Å²) in [6, 6.07) is 42.6. The van der Waals surface area contributed by atoms with Gasteiger partial charge in [-0.2, -0.15) is 0 Å². The van der Waals surface area contributed by atoms with Crippen molar-refractivity contribution in [1.29, 1.82) is 0 Å². The number of benzene rings is 7. The van der Waals surface area contributed by atoms with Gasteiger partial charge in [0, 0.05) is 18.2 Å². The standard InChI is InChI=1S/C60H56F2O8/c1-3-5-7-9-11-14-41-18-22-43(23-19-41)45-26-30-47(31-27-45)57(63)67-51-34-36-53(55(61)39-51)59(65)69-49-16-13-17-50(38-49)70-60(66)54-37-35-52(40-56(54)62)68-58(64)48-32-28-46(29-33-48)44-24-20-42(21-25-44)15-12-10-8-6-4-2/h13,16-40H,3-12,14-15H2,1-2H3. The Kier molecular flexibility index (Phi) is 18.0. The monoisotopic (exact) mass is 942 g/mol. The van der Waals surface area contributed by atoms with Gasteiger partial charge in [0.1, 0.15) is 34.6 Å². The maximum absolute atomic E-state index is 15.2. The Balaban J connectivity index is 0.875. The molecule has 0 amide bonds. The van der Waals surface area contributed by atoms with Gasteiger partial charge in [-0.25, -0.2) is 28.0 Å². The Morgan fingerprint density at radius 1 is 0.357 bits per heavy atom. The zero-order valence-corrected chi connectivity index (χ0v) is 39.5. The quantitative estimate of drug-likeness (QED) is 0.0376. The SMILES string of the molecule is CCCCCCCc1ccc(-c2ccc(C(=O)Oc3ccc(C(=O)Oc4cccc(OC(=O)c5ccc(OC(=O)c6ccc(-c7ccc(CCCCCCC)cc7)cc6)cc5F)c4)c(F)c3)cc2)cc1. The molecule has 10 heteroatoms. The number of aryl methyl sites for hydroxylation is 2. The Hall–Kier alpha value is -7.72. The lowest BCUT2D eigenvalue weighted by molar-refractivity contribution is 0.0720. The van der Waals surface area contributed by atoms with Gasteiger partial charge in [-0.1, -0.05) is 144 Å². The smallest absolute Gasteiger partial charge is 0.346 e. The van der Waals surface area contributed by atoms with Crippen LogP contribution in [0.3, 0.4) is 0 Å². The number of halogens is 2. The van der Waals surface area contributed by atoms with Crippen LogP contribution in [0.15, 0.2) is 158 Å². The van der Waals surface area contributed by atoms with Crippen LogP contribution in [-0.2, 0) is 12.8 Å². The van der Waals surface area contributed by atoms with Gasteiger partial charge in [0.15, 0.2) is 0 Å². The predicted molar refractivity (Wildman–Crippen MR) is 268 cm³/mol. The van der Waals surface area contributed by atoms with E-state index < -0.39 is 46.6 Å². The highest BCUT2D eigenvalue weighted by molar-refractivity contribution is 5.94. The minimum Gasteiger partial charge on any atom is -0.423 e. The van der Waals surface area contributed by atoms with E-state index in [1.54, 1.807) is 24.3 Å². The Bertz CT molecular complexity index is 2680. The highest BCUT2D eigenvalue weighted by Gasteiger charge is 2.20. The molecule has 0 atom stereocenters. The lowest BCUT2D eigenvalue weighted by Crippen LogP contribution is -2.13. The number of unbranched alkanes of at least 4 members (excludes halogenated alkanes) is 8. The molecule has 0 saturated heterocycles. The largest absolute Gasteiger partial charge is 0.423 e. The molecule has 0 saturated carbocycles. The Morgan fingerprint density at radius 2 is 0.686 bits per heavy atom. The third kappa shape index (κ3) is 14.2. The molecule has 0 spiro atoms. The van der Waals surface area contributed by atoms with Crippen LogP contribution in [0, 0.1) is 11.6 Å². The second-order valence-electron chi connectivity index (χ2n) is 17.2. The lowest BCUT2D eigenvalue weighted by Gasteiger charge is -2.10. The van der Waals surface area contributed by atoms with E-state index in [2.05, 4.69) is 62.4 Å². The highest BCUT2D eigenvalue weighted by atomic mass is 19.1. The van der Waals surface area contributed by atoms with E-state index in [1.807, 2.05) is 24.3 Å². The normalized spacial score (nSPS) is 10.9. The summed E-state index contributed by atoms with van der Waals surface area (Å²) in [5.74, 6) is -5.99. The zero-order chi connectivity index (χ0) is 49.2. The Labute approximate surface area is 408 Å². The molecule has 0 fully saturated rings. The summed E-state index contributed by atoms with van der Waals surface area (Å²) >= 11 is 0. The molecule has 0 N–H and O–H groups in total. The van der Waals surface area contributed by atoms with Crippen LogP contribution < -0.4 is 18.9 Å². The van der Waals surface area contributed by atoms with E-state index in [-0.39, 0.29) is 34.1 Å². The van der Waals surface area contributed by atoms with Crippen LogP contribution in [0.25, 0.3) is 22.3 Å². The van der Waals surface area contributed by atoms with Gasteiger partial charge in [0.25, 0.3) is 0 Å². The van der Waals surface area contributed by atoms with Crippen molar-refractivity contribution in [2.45, 2.75) is 90.9 Å². The fourth-order valence-corrected chi connectivity index (χ4v) is 7.90. The number of rotatable bonds is 22. The van der Waals surface area contributed by atoms with Crippen LogP contribution in [0.2, 0.25) is 0 Å². The molecule has 0 aliphatic carbocycles. The molecule has 0 radical (unpaired) electrons. The zero-order valence-electron chi connectivity index (χ0n) is 39.5. The van der Waals surface area contributed by atoms with Crippen LogP contribution in [0.5, 0.6) is 23.0 Å². The molecule has 70 heavy (non-hydrogen) atoms. The van der Waals surface area contributed by atoms with Crippen molar-refractivity contribution >= 4 is 23.9 Å². The molecule has 7 rings (SSSR count). The van der Waals surface area contributed by atoms with E-state index >= 15 is 8.78 Å². The average Bonchev–Trinajstić information content (AvgIpc) is 3.37. The number of carbonyl (C=O) groups is 4. The fraction of sp³-hybridized carbons (Fsp3) is 0.233. The first-order chi connectivity index (χ1) is 34.1. The van der Waals surface area contributed by atoms with Crippen molar-refractivity contribution in [2.24, 2.45) is 0 Å².